The Morgan fingerprint density at radius 2 is 2.18 bits per heavy atom. The van der Waals surface area contributed by atoms with Gasteiger partial charge in [0.2, 0.25) is 0 Å². The summed E-state index contributed by atoms with van der Waals surface area (Å²) in [6, 6.07) is 12.6. The first-order chi connectivity index (χ1) is 10.5. The van der Waals surface area contributed by atoms with Crippen molar-refractivity contribution in [3.05, 3.63) is 53.5 Å². The highest BCUT2D eigenvalue weighted by Gasteiger charge is 2.23. The maximum absolute atomic E-state index is 12.3. The standard InChI is InChI=1S/C17H19N3O2/c1-12-7-8-16(22-12)11-20(3)13(2)17(21)19-15-6-4-5-14(9-15)10-18/h4-9,13H,11H2,1-3H3,(H,19,21)/p+1/t13-/m1/s1. The topological polar surface area (TPSA) is 70.5 Å². The van der Waals surface area contributed by atoms with E-state index >= 15 is 0 Å². The van der Waals surface area contributed by atoms with E-state index in [-0.39, 0.29) is 11.9 Å². The van der Waals surface area contributed by atoms with Crippen molar-refractivity contribution in [2.24, 2.45) is 0 Å². The van der Waals surface area contributed by atoms with Crippen LogP contribution in [0.3, 0.4) is 0 Å². The number of benzene rings is 1. The maximum Gasteiger partial charge on any atom is 0.282 e. The largest absolute Gasteiger partial charge is 0.460 e. The molecule has 0 saturated heterocycles. The zero-order valence-corrected chi connectivity index (χ0v) is 13.0. The van der Waals surface area contributed by atoms with Crippen LogP contribution in [-0.2, 0) is 11.3 Å². The quantitative estimate of drug-likeness (QED) is 0.879. The SMILES string of the molecule is Cc1ccc(C[NH+](C)[C@H](C)C(=O)Nc2cccc(C#N)c2)o1. The predicted octanol–water partition coefficient (Wildman–Crippen LogP) is 1.50. The summed E-state index contributed by atoms with van der Waals surface area (Å²) in [6.45, 7) is 4.41. The molecule has 1 aromatic heterocycles. The van der Waals surface area contributed by atoms with Gasteiger partial charge < -0.3 is 14.6 Å². The Morgan fingerprint density at radius 3 is 2.82 bits per heavy atom. The van der Waals surface area contributed by atoms with Gasteiger partial charge in [0.25, 0.3) is 5.91 Å². The van der Waals surface area contributed by atoms with Gasteiger partial charge in [0, 0.05) is 5.69 Å². The Morgan fingerprint density at radius 1 is 1.41 bits per heavy atom. The van der Waals surface area contributed by atoms with Gasteiger partial charge in [0.1, 0.15) is 12.3 Å². The van der Waals surface area contributed by atoms with Gasteiger partial charge in [-0.25, -0.2) is 0 Å². The third kappa shape index (κ3) is 3.96. The fourth-order valence-corrected chi connectivity index (χ4v) is 2.15. The van der Waals surface area contributed by atoms with Crippen molar-refractivity contribution in [3.63, 3.8) is 0 Å². The van der Waals surface area contributed by atoms with Crippen LogP contribution in [0.2, 0.25) is 0 Å². The second-order valence-corrected chi connectivity index (χ2v) is 5.44. The highest BCUT2D eigenvalue weighted by molar-refractivity contribution is 5.93. The lowest BCUT2D eigenvalue weighted by Crippen LogP contribution is -3.12. The van der Waals surface area contributed by atoms with Gasteiger partial charge in [-0.15, -0.1) is 0 Å². The number of quaternary nitrogens is 1. The molecule has 2 rings (SSSR count). The molecule has 0 spiro atoms. The molecule has 2 aromatic rings. The molecule has 22 heavy (non-hydrogen) atoms. The molecule has 0 aliphatic heterocycles. The van der Waals surface area contributed by atoms with E-state index in [1.807, 2.05) is 33.0 Å². The zero-order valence-electron chi connectivity index (χ0n) is 13.0. The average molecular weight is 298 g/mol. The van der Waals surface area contributed by atoms with E-state index in [2.05, 4.69) is 11.4 Å². The van der Waals surface area contributed by atoms with E-state index in [1.165, 1.54) is 0 Å². The van der Waals surface area contributed by atoms with Crippen LogP contribution in [0.5, 0.6) is 0 Å². The molecule has 0 fully saturated rings. The van der Waals surface area contributed by atoms with Gasteiger partial charge in [0.15, 0.2) is 11.8 Å². The molecule has 1 unspecified atom stereocenters. The Bertz CT molecular complexity index is 700. The van der Waals surface area contributed by atoms with E-state index in [0.717, 1.165) is 16.4 Å². The monoisotopic (exact) mass is 298 g/mol. The summed E-state index contributed by atoms with van der Waals surface area (Å²) in [7, 11) is 1.95. The predicted molar refractivity (Wildman–Crippen MR) is 83.3 cm³/mol. The van der Waals surface area contributed by atoms with E-state index in [4.69, 9.17) is 9.68 Å². The fraction of sp³-hybridized carbons (Fsp3) is 0.294. The summed E-state index contributed by atoms with van der Waals surface area (Å²) in [5, 5.41) is 11.7. The minimum absolute atomic E-state index is 0.0872. The molecule has 0 radical (unpaired) electrons. The van der Waals surface area contributed by atoms with E-state index < -0.39 is 0 Å². The first-order valence-corrected chi connectivity index (χ1v) is 7.18. The molecule has 2 atom stereocenters. The van der Waals surface area contributed by atoms with Crippen LogP contribution >= 0.6 is 0 Å². The van der Waals surface area contributed by atoms with Gasteiger partial charge in [-0.2, -0.15) is 5.26 Å². The number of anilines is 1. The minimum atomic E-state index is -0.240. The first-order valence-electron chi connectivity index (χ1n) is 7.18. The van der Waals surface area contributed by atoms with E-state index in [0.29, 0.717) is 17.8 Å². The normalized spacial score (nSPS) is 13.2. The maximum atomic E-state index is 12.3. The van der Waals surface area contributed by atoms with Crippen molar-refractivity contribution in [1.29, 1.82) is 5.26 Å². The third-order valence-electron chi connectivity index (χ3n) is 3.64. The van der Waals surface area contributed by atoms with Crippen molar-refractivity contribution >= 4 is 11.6 Å². The van der Waals surface area contributed by atoms with Gasteiger partial charge >= 0.3 is 0 Å². The molecular weight excluding hydrogens is 278 g/mol. The van der Waals surface area contributed by atoms with Crippen LogP contribution in [0, 0.1) is 18.3 Å². The number of nitriles is 1. The van der Waals surface area contributed by atoms with E-state index in [1.54, 1.807) is 24.3 Å². The number of hydrogen-bond acceptors (Lipinski definition) is 3. The molecule has 0 aliphatic rings. The highest BCUT2D eigenvalue weighted by Crippen LogP contribution is 2.10. The number of carbonyl (C=O) groups is 1. The number of carbonyl (C=O) groups excluding carboxylic acids is 1. The van der Waals surface area contributed by atoms with Crippen molar-refractivity contribution < 1.29 is 14.1 Å². The summed E-state index contributed by atoms with van der Waals surface area (Å²) in [5.41, 5.74) is 1.16. The van der Waals surface area contributed by atoms with Crippen molar-refractivity contribution in [1.82, 2.24) is 0 Å². The van der Waals surface area contributed by atoms with E-state index in [9.17, 15) is 4.79 Å². The second kappa shape index (κ2) is 6.92. The second-order valence-electron chi connectivity index (χ2n) is 5.44. The lowest BCUT2D eigenvalue weighted by atomic mass is 10.2. The molecule has 1 heterocycles. The number of aryl methyl sites for hydroxylation is 1. The lowest BCUT2D eigenvalue weighted by Gasteiger charge is -2.20. The molecule has 0 bridgehead atoms. The molecule has 114 valence electrons. The molecule has 5 nitrogen and oxygen atoms in total. The smallest absolute Gasteiger partial charge is 0.282 e. The van der Waals surface area contributed by atoms with Crippen molar-refractivity contribution in [2.45, 2.75) is 26.4 Å². The summed E-state index contributed by atoms with van der Waals surface area (Å²) < 4.78 is 5.54. The number of likely N-dealkylation sites (N-methyl/N-ethyl adjacent to an activating group) is 1. The van der Waals surface area contributed by atoms with Crippen LogP contribution in [0.1, 0.15) is 24.0 Å². The van der Waals surface area contributed by atoms with Gasteiger partial charge in [-0.1, -0.05) is 6.07 Å². The molecule has 5 heteroatoms. The van der Waals surface area contributed by atoms with Crippen LogP contribution < -0.4 is 10.2 Å². The van der Waals surface area contributed by atoms with Crippen LogP contribution in [0.15, 0.2) is 40.8 Å². The number of rotatable bonds is 5. The Labute approximate surface area is 130 Å². The molecule has 1 amide bonds. The minimum Gasteiger partial charge on any atom is -0.460 e. The average Bonchev–Trinajstić information content (AvgIpc) is 2.91. The van der Waals surface area contributed by atoms with Crippen molar-refractivity contribution in [2.75, 3.05) is 12.4 Å². The van der Waals surface area contributed by atoms with Crippen LogP contribution in [-0.4, -0.2) is 19.0 Å². The van der Waals surface area contributed by atoms with Gasteiger partial charge in [-0.3, -0.25) is 4.79 Å². The summed E-state index contributed by atoms with van der Waals surface area (Å²) in [4.78, 5) is 13.3. The highest BCUT2D eigenvalue weighted by atomic mass is 16.3. The fourth-order valence-electron chi connectivity index (χ4n) is 2.15. The van der Waals surface area contributed by atoms with Crippen LogP contribution in [0.25, 0.3) is 0 Å². The summed E-state index contributed by atoms with van der Waals surface area (Å²) in [6.07, 6.45) is 0. The number of furan rings is 1. The lowest BCUT2D eigenvalue weighted by molar-refractivity contribution is -0.908. The number of hydrogen-bond donors (Lipinski definition) is 2. The number of nitrogens with zero attached hydrogens (tertiary/aromatic N) is 1. The molecule has 1 aromatic carbocycles. The third-order valence-corrected chi connectivity index (χ3v) is 3.64. The Hall–Kier alpha value is -2.58. The molecular formula is C17H20N3O2+. The Kier molecular flexibility index (Phi) is 4.97. The van der Waals surface area contributed by atoms with Gasteiger partial charge in [0.05, 0.1) is 18.7 Å². The van der Waals surface area contributed by atoms with Crippen LogP contribution in [0.4, 0.5) is 5.69 Å². The van der Waals surface area contributed by atoms with Gasteiger partial charge in [-0.05, 0) is 44.2 Å². The zero-order chi connectivity index (χ0) is 16.1. The molecule has 0 aliphatic carbocycles. The summed E-state index contributed by atoms with van der Waals surface area (Å²) in [5.74, 6) is 1.64. The summed E-state index contributed by atoms with van der Waals surface area (Å²) >= 11 is 0. The van der Waals surface area contributed by atoms with Crippen molar-refractivity contribution in [3.8, 4) is 6.07 Å². The molecule has 0 saturated carbocycles. The molecule has 2 N–H and O–H groups in total. The number of nitrogens with one attached hydrogen (secondary N) is 2. The number of amides is 1. The first kappa shape index (κ1) is 15.8. The Balaban J connectivity index is 1.97.